The Morgan fingerprint density at radius 2 is 1.23 bits per heavy atom. The number of benzene rings is 4. The van der Waals surface area contributed by atoms with Gasteiger partial charge >= 0.3 is 25.3 Å². The first-order valence-electron chi connectivity index (χ1n) is 14.8. The lowest BCUT2D eigenvalue weighted by molar-refractivity contribution is -0.140. The van der Waals surface area contributed by atoms with Crippen molar-refractivity contribution < 1.29 is 46.6 Å². The second kappa shape index (κ2) is 14.8. The van der Waals surface area contributed by atoms with Gasteiger partial charge in [0.25, 0.3) is 0 Å². The Balaban J connectivity index is 1.22. The van der Waals surface area contributed by atoms with E-state index in [1.165, 1.54) is 0 Å². The molecule has 2 N–H and O–H groups in total. The maximum absolute atomic E-state index is 15.6. The van der Waals surface area contributed by atoms with E-state index >= 15 is 8.78 Å². The van der Waals surface area contributed by atoms with E-state index in [9.17, 15) is 24.1 Å². The molecule has 1 aliphatic rings. The van der Waals surface area contributed by atoms with Crippen LogP contribution in [-0.4, -0.2) is 41.3 Å². The zero-order chi connectivity index (χ0) is 33.4. The largest absolute Gasteiger partial charge is 0.480 e. The molecule has 244 valence electrons. The maximum Gasteiger partial charge on any atom is 0.408 e. The van der Waals surface area contributed by atoms with Crippen molar-refractivity contribution in [3.63, 3.8) is 0 Å². The van der Waals surface area contributed by atoms with Gasteiger partial charge in [-0.3, -0.25) is 18.4 Å². The number of carbonyl (C=O) groups is 3. The molecule has 0 fully saturated rings. The fourth-order valence-corrected chi connectivity index (χ4v) is 6.74. The van der Waals surface area contributed by atoms with Crippen LogP contribution in [0.2, 0.25) is 0 Å². The average molecular weight is 664 g/mol. The predicted octanol–water partition coefficient (Wildman–Crippen LogP) is 7.55. The Morgan fingerprint density at radius 1 is 0.766 bits per heavy atom. The van der Waals surface area contributed by atoms with Gasteiger partial charge in [0, 0.05) is 12.3 Å². The van der Waals surface area contributed by atoms with Gasteiger partial charge in [0.05, 0.1) is 13.2 Å². The number of alkyl halides is 2. The number of nitrogens with one attached hydrogen (secondary N) is 1. The molecule has 5 rings (SSSR count). The fraction of sp³-hybridized carbons (Fsp3) is 0.229. The predicted molar refractivity (Wildman–Crippen MR) is 169 cm³/mol. The smallest absolute Gasteiger partial charge is 0.408 e. The highest BCUT2D eigenvalue weighted by atomic mass is 31.2. The van der Waals surface area contributed by atoms with Crippen LogP contribution in [0.15, 0.2) is 109 Å². The standard InChI is InChI=1S/C35H32F2NO8P/c36-35(37,47(43,45-21-24-11-3-1-4-12-24)46-22-25-13-5-2-6-14-25)32(39)20-19-31(33(40)41)38-34(42)44-23-30-28-17-9-7-15-26(28)27-16-8-10-18-29(27)30/h1-18,30-31H,19-23H2,(H,38,42)(H,40,41)/t31-/m0/s1. The SMILES string of the molecule is O=C(N[C@@H](CCC(=O)C(F)(F)P(=O)(OCc1ccccc1)OCc1ccccc1)C(=O)O)OCC1c2ccccc2-c2ccccc21. The minimum atomic E-state index is -5.44. The molecule has 1 amide bonds. The number of aliphatic carboxylic acids is 1. The van der Waals surface area contributed by atoms with Gasteiger partial charge in [-0.25, -0.2) is 9.59 Å². The molecule has 0 saturated carbocycles. The number of fused-ring (bicyclic) bond motifs is 3. The number of halogens is 2. The van der Waals surface area contributed by atoms with E-state index in [0.29, 0.717) is 11.1 Å². The van der Waals surface area contributed by atoms with Crippen LogP contribution in [0.1, 0.15) is 41.0 Å². The van der Waals surface area contributed by atoms with Crippen LogP contribution >= 0.6 is 7.60 Å². The zero-order valence-electron chi connectivity index (χ0n) is 25.1. The number of rotatable bonds is 15. The number of hydrogen-bond donors (Lipinski definition) is 2. The second-order valence-corrected chi connectivity index (χ2v) is 13.0. The first kappa shape index (κ1) is 33.7. The maximum atomic E-state index is 15.6. The monoisotopic (exact) mass is 663 g/mol. The van der Waals surface area contributed by atoms with Gasteiger partial charge in [-0.2, -0.15) is 8.78 Å². The number of alkyl carbamates (subject to hydrolysis) is 1. The normalized spacial score (nSPS) is 13.3. The molecule has 4 aromatic rings. The van der Waals surface area contributed by atoms with Gasteiger partial charge in [-0.1, -0.05) is 109 Å². The van der Waals surface area contributed by atoms with E-state index in [0.717, 1.165) is 22.3 Å². The third kappa shape index (κ3) is 7.82. The number of carboxylic acids is 1. The molecule has 9 nitrogen and oxygen atoms in total. The molecule has 0 aliphatic heterocycles. The third-order valence-electron chi connectivity index (χ3n) is 7.76. The fourth-order valence-electron chi connectivity index (χ4n) is 5.29. The Kier molecular flexibility index (Phi) is 10.6. The molecule has 0 unspecified atom stereocenters. The summed E-state index contributed by atoms with van der Waals surface area (Å²) in [5.74, 6) is -3.72. The summed E-state index contributed by atoms with van der Waals surface area (Å²) in [4.78, 5) is 37.5. The first-order chi connectivity index (χ1) is 22.6. The van der Waals surface area contributed by atoms with Gasteiger partial charge in [0.1, 0.15) is 12.6 Å². The summed E-state index contributed by atoms with van der Waals surface area (Å²) in [5, 5.41) is 11.8. The molecule has 1 atom stereocenters. The molecule has 0 bridgehead atoms. The molecule has 12 heteroatoms. The summed E-state index contributed by atoms with van der Waals surface area (Å²) < 4.78 is 60.4. The van der Waals surface area contributed by atoms with E-state index in [1.54, 1.807) is 60.7 Å². The number of carbonyl (C=O) groups excluding carboxylic acids is 2. The van der Waals surface area contributed by atoms with Crippen LogP contribution in [0.4, 0.5) is 13.6 Å². The highest BCUT2D eigenvalue weighted by Crippen LogP contribution is 2.63. The van der Waals surface area contributed by atoms with Crippen molar-refractivity contribution >= 4 is 25.4 Å². The second-order valence-electron chi connectivity index (χ2n) is 10.9. The van der Waals surface area contributed by atoms with Crippen LogP contribution in [-0.2, 0) is 41.2 Å². The molecule has 0 radical (unpaired) electrons. The molecule has 0 heterocycles. The van der Waals surface area contributed by atoms with Crippen LogP contribution < -0.4 is 5.32 Å². The average Bonchev–Trinajstić information content (AvgIpc) is 3.41. The zero-order valence-corrected chi connectivity index (χ0v) is 26.0. The van der Waals surface area contributed by atoms with Crippen molar-refractivity contribution in [3.05, 3.63) is 131 Å². The highest BCUT2D eigenvalue weighted by Gasteiger charge is 2.59. The van der Waals surface area contributed by atoms with Gasteiger partial charge < -0.3 is 15.2 Å². The van der Waals surface area contributed by atoms with E-state index in [4.69, 9.17) is 13.8 Å². The van der Waals surface area contributed by atoms with Gasteiger partial charge in [0.2, 0.25) is 5.78 Å². The lowest BCUT2D eigenvalue weighted by atomic mass is 9.98. The van der Waals surface area contributed by atoms with E-state index in [1.807, 2.05) is 48.5 Å². The summed E-state index contributed by atoms with van der Waals surface area (Å²) in [6, 6.07) is 29.7. The molecule has 4 aromatic carbocycles. The van der Waals surface area contributed by atoms with Crippen LogP contribution in [0.3, 0.4) is 0 Å². The van der Waals surface area contributed by atoms with Crippen molar-refractivity contribution in [3.8, 4) is 11.1 Å². The van der Waals surface area contributed by atoms with Crippen molar-refractivity contribution in [1.29, 1.82) is 0 Å². The minimum absolute atomic E-state index is 0.107. The Labute approximate surface area is 270 Å². The number of carboxylic acid groups (broad SMARTS) is 1. The summed E-state index contributed by atoms with van der Waals surface area (Å²) in [6.45, 7) is -1.17. The molecule has 0 spiro atoms. The summed E-state index contributed by atoms with van der Waals surface area (Å²) in [5.41, 5.74) is 0.0872. The van der Waals surface area contributed by atoms with Crippen molar-refractivity contribution in [2.45, 2.75) is 43.7 Å². The Morgan fingerprint density at radius 3 is 1.72 bits per heavy atom. The Bertz CT molecular complexity index is 1680. The van der Waals surface area contributed by atoms with Gasteiger partial charge in [-0.15, -0.1) is 0 Å². The number of hydrogen-bond acceptors (Lipinski definition) is 7. The number of ether oxygens (including phenoxy) is 1. The first-order valence-corrected chi connectivity index (χ1v) is 16.4. The summed E-state index contributed by atoms with van der Waals surface area (Å²) in [7, 11) is -5.44. The number of Topliss-reactive ketones (excluding diaryl/α,β-unsaturated/α-hetero) is 1. The van der Waals surface area contributed by atoms with E-state index in [2.05, 4.69) is 5.32 Å². The lowest BCUT2D eigenvalue weighted by Gasteiger charge is -2.26. The van der Waals surface area contributed by atoms with Crippen molar-refractivity contribution in [2.75, 3.05) is 6.61 Å². The number of amides is 1. The number of ketones is 1. The molecule has 0 aromatic heterocycles. The topological polar surface area (TPSA) is 128 Å². The van der Waals surface area contributed by atoms with Crippen LogP contribution in [0, 0.1) is 0 Å². The molecule has 1 aliphatic carbocycles. The lowest BCUT2D eigenvalue weighted by Crippen LogP contribution is -2.42. The quantitative estimate of drug-likeness (QED) is 0.125. The van der Waals surface area contributed by atoms with Crippen molar-refractivity contribution in [1.82, 2.24) is 5.32 Å². The molecular formula is C35H32F2NO8P. The Hall–Kier alpha value is -4.70. The molecular weight excluding hydrogens is 631 g/mol. The van der Waals surface area contributed by atoms with Gasteiger partial charge in [0.15, 0.2) is 0 Å². The van der Waals surface area contributed by atoms with E-state index in [-0.39, 0.29) is 12.5 Å². The minimum Gasteiger partial charge on any atom is -0.480 e. The molecule has 47 heavy (non-hydrogen) atoms. The van der Waals surface area contributed by atoms with Crippen LogP contribution in [0.25, 0.3) is 11.1 Å². The highest BCUT2D eigenvalue weighted by molar-refractivity contribution is 7.56. The summed E-state index contributed by atoms with van der Waals surface area (Å²) in [6.07, 6.45) is -2.88. The van der Waals surface area contributed by atoms with Crippen molar-refractivity contribution in [2.24, 2.45) is 0 Å². The van der Waals surface area contributed by atoms with E-state index < -0.39 is 63.2 Å². The summed E-state index contributed by atoms with van der Waals surface area (Å²) >= 11 is 0. The van der Waals surface area contributed by atoms with Crippen LogP contribution in [0.5, 0.6) is 0 Å². The third-order valence-corrected chi connectivity index (χ3v) is 9.64. The molecule has 0 saturated heterocycles. The van der Waals surface area contributed by atoms with Gasteiger partial charge in [-0.05, 0) is 39.8 Å².